The molecule has 0 radical (unpaired) electrons. The molecule has 6 heteroatoms. The Morgan fingerprint density at radius 3 is 2.62 bits per heavy atom. The van der Waals surface area contributed by atoms with E-state index in [9.17, 15) is 4.79 Å². The van der Waals surface area contributed by atoms with Gasteiger partial charge in [0.25, 0.3) is 5.91 Å². The number of anilines is 1. The lowest BCUT2D eigenvalue weighted by Gasteiger charge is -2.28. The molecular formula is C20H23N5O. The monoisotopic (exact) mass is 349 g/mol. The molecule has 0 atom stereocenters. The van der Waals surface area contributed by atoms with Crippen molar-refractivity contribution in [2.45, 2.75) is 18.9 Å². The fraction of sp³-hybridized carbons (Fsp3) is 0.300. The fourth-order valence-electron chi connectivity index (χ4n) is 3.37. The summed E-state index contributed by atoms with van der Waals surface area (Å²) in [6.45, 7) is 2.16. The van der Waals surface area contributed by atoms with Gasteiger partial charge in [-0.2, -0.15) is 5.10 Å². The molecule has 0 unspecified atom stereocenters. The Labute approximate surface area is 153 Å². The van der Waals surface area contributed by atoms with Gasteiger partial charge in [0.15, 0.2) is 5.82 Å². The molecule has 0 saturated carbocycles. The van der Waals surface area contributed by atoms with Gasteiger partial charge in [0.2, 0.25) is 0 Å². The van der Waals surface area contributed by atoms with Crippen molar-refractivity contribution in [1.82, 2.24) is 19.2 Å². The number of carbonyl (C=O) groups excluding carboxylic acids is 1. The Morgan fingerprint density at radius 2 is 1.85 bits per heavy atom. The molecule has 1 N–H and O–H groups in total. The minimum absolute atomic E-state index is 0.146. The van der Waals surface area contributed by atoms with Crippen molar-refractivity contribution in [2.24, 2.45) is 0 Å². The molecule has 1 fully saturated rings. The number of piperidine rings is 1. The van der Waals surface area contributed by atoms with Crippen LogP contribution in [0.3, 0.4) is 0 Å². The van der Waals surface area contributed by atoms with E-state index in [-0.39, 0.29) is 5.91 Å². The molecule has 134 valence electrons. The largest absolute Gasteiger partial charge is 0.324 e. The standard InChI is InChI=1S/C20H23N5O/c1-23-12-7-17(8-13-23)25-14-9-19(22-25)21-20(26)16-5-4-6-18(15-16)24-10-2-3-11-24/h2-6,9-11,14-15,17H,7-8,12-13H2,1H3,(H,21,22,26). The number of hydrogen-bond acceptors (Lipinski definition) is 3. The van der Waals surface area contributed by atoms with Crippen LogP contribution in [0, 0.1) is 0 Å². The molecule has 0 bridgehead atoms. The van der Waals surface area contributed by atoms with Gasteiger partial charge in [0.1, 0.15) is 0 Å². The predicted molar refractivity (Wildman–Crippen MR) is 102 cm³/mol. The van der Waals surface area contributed by atoms with Crippen molar-refractivity contribution >= 4 is 11.7 Å². The minimum Gasteiger partial charge on any atom is -0.324 e. The fourth-order valence-corrected chi connectivity index (χ4v) is 3.37. The summed E-state index contributed by atoms with van der Waals surface area (Å²) >= 11 is 0. The van der Waals surface area contributed by atoms with Gasteiger partial charge in [0, 0.05) is 35.9 Å². The number of benzene rings is 1. The second kappa shape index (κ2) is 7.17. The van der Waals surface area contributed by atoms with E-state index in [1.165, 1.54) is 0 Å². The van der Waals surface area contributed by atoms with E-state index in [1.807, 2.05) is 70.3 Å². The number of aromatic nitrogens is 3. The number of carbonyl (C=O) groups is 1. The number of hydrogen-bond donors (Lipinski definition) is 1. The molecule has 26 heavy (non-hydrogen) atoms. The molecule has 1 saturated heterocycles. The van der Waals surface area contributed by atoms with Crippen molar-refractivity contribution < 1.29 is 4.79 Å². The first-order valence-electron chi connectivity index (χ1n) is 8.97. The number of amides is 1. The van der Waals surface area contributed by atoms with E-state index >= 15 is 0 Å². The third-order valence-corrected chi connectivity index (χ3v) is 4.92. The number of nitrogens with zero attached hydrogens (tertiary/aromatic N) is 4. The van der Waals surface area contributed by atoms with E-state index < -0.39 is 0 Å². The van der Waals surface area contributed by atoms with Crippen LogP contribution in [0.4, 0.5) is 5.82 Å². The molecule has 1 aromatic carbocycles. The van der Waals surface area contributed by atoms with Crippen LogP contribution in [-0.2, 0) is 0 Å². The molecule has 1 aliphatic heterocycles. The number of nitrogens with one attached hydrogen (secondary N) is 1. The lowest BCUT2D eigenvalue weighted by atomic mass is 10.1. The van der Waals surface area contributed by atoms with Crippen LogP contribution in [0.2, 0.25) is 0 Å². The quantitative estimate of drug-likeness (QED) is 0.787. The van der Waals surface area contributed by atoms with Gasteiger partial charge in [-0.15, -0.1) is 0 Å². The second-order valence-electron chi connectivity index (χ2n) is 6.81. The highest BCUT2D eigenvalue weighted by molar-refractivity contribution is 6.04. The van der Waals surface area contributed by atoms with Crippen molar-refractivity contribution in [2.75, 3.05) is 25.5 Å². The van der Waals surface area contributed by atoms with Crippen molar-refractivity contribution in [3.05, 3.63) is 66.6 Å². The SMILES string of the molecule is CN1CCC(n2ccc(NC(=O)c3cccc(-n4cccc4)c3)n2)CC1. The first kappa shape index (κ1) is 16.6. The first-order chi connectivity index (χ1) is 12.7. The summed E-state index contributed by atoms with van der Waals surface area (Å²) in [6, 6.07) is 13.8. The zero-order valence-electron chi connectivity index (χ0n) is 14.9. The van der Waals surface area contributed by atoms with E-state index in [4.69, 9.17) is 0 Å². The Bertz CT molecular complexity index is 875. The molecule has 2 aromatic heterocycles. The average molecular weight is 349 g/mol. The highest BCUT2D eigenvalue weighted by Crippen LogP contribution is 2.22. The van der Waals surface area contributed by atoms with E-state index in [0.717, 1.165) is 31.6 Å². The van der Waals surface area contributed by atoms with Gasteiger partial charge in [-0.3, -0.25) is 9.48 Å². The van der Waals surface area contributed by atoms with Gasteiger partial charge in [-0.1, -0.05) is 6.07 Å². The minimum atomic E-state index is -0.146. The smallest absolute Gasteiger partial charge is 0.256 e. The van der Waals surface area contributed by atoms with Crippen LogP contribution in [0.25, 0.3) is 5.69 Å². The van der Waals surface area contributed by atoms with Gasteiger partial charge >= 0.3 is 0 Å². The molecule has 1 amide bonds. The summed E-state index contributed by atoms with van der Waals surface area (Å²) in [4.78, 5) is 14.9. The maximum atomic E-state index is 12.6. The molecule has 3 aromatic rings. The maximum Gasteiger partial charge on any atom is 0.256 e. The Balaban J connectivity index is 1.45. The zero-order valence-corrected chi connectivity index (χ0v) is 14.9. The summed E-state index contributed by atoms with van der Waals surface area (Å²) in [6.07, 6.45) is 8.05. The molecule has 0 spiro atoms. The van der Waals surface area contributed by atoms with Crippen LogP contribution in [0.1, 0.15) is 29.2 Å². The summed E-state index contributed by atoms with van der Waals surface area (Å²) < 4.78 is 3.96. The van der Waals surface area contributed by atoms with Crippen molar-refractivity contribution in [3.8, 4) is 5.69 Å². The Morgan fingerprint density at radius 1 is 1.08 bits per heavy atom. The van der Waals surface area contributed by atoms with Crippen LogP contribution >= 0.6 is 0 Å². The predicted octanol–water partition coefficient (Wildman–Crippen LogP) is 3.19. The lowest BCUT2D eigenvalue weighted by molar-refractivity contribution is 0.102. The third kappa shape index (κ3) is 3.55. The first-order valence-corrected chi connectivity index (χ1v) is 8.97. The number of rotatable bonds is 4. The van der Waals surface area contributed by atoms with Crippen LogP contribution in [0.5, 0.6) is 0 Å². The second-order valence-corrected chi connectivity index (χ2v) is 6.81. The number of likely N-dealkylation sites (tertiary alicyclic amines) is 1. The highest BCUT2D eigenvalue weighted by atomic mass is 16.1. The Hall–Kier alpha value is -2.86. The summed E-state index contributed by atoms with van der Waals surface area (Å²) in [5, 5.41) is 7.47. The molecule has 4 rings (SSSR count). The van der Waals surface area contributed by atoms with Gasteiger partial charge in [0.05, 0.1) is 6.04 Å². The van der Waals surface area contributed by atoms with Gasteiger partial charge in [-0.25, -0.2) is 0 Å². The molecule has 6 nitrogen and oxygen atoms in total. The van der Waals surface area contributed by atoms with E-state index in [0.29, 0.717) is 17.4 Å². The third-order valence-electron chi connectivity index (χ3n) is 4.92. The molecule has 3 heterocycles. The zero-order chi connectivity index (χ0) is 17.9. The van der Waals surface area contributed by atoms with Gasteiger partial charge in [-0.05, 0) is 63.3 Å². The normalized spacial score (nSPS) is 15.9. The van der Waals surface area contributed by atoms with Gasteiger partial charge < -0.3 is 14.8 Å². The Kier molecular flexibility index (Phi) is 4.58. The topological polar surface area (TPSA) is 55.1 Å². The van der Waals surface area contributed by atoms with Crippen molar-refractivity contribution in [1.29, 1.82) is 0 Å². The highest BCUT2D eigenvalue weighted by Gasteiger charge is 2.19. The maximum absolute atomic E-state index is 12.6. The molecular weight excluding hydrogens is 326 g/mol. The summed E-state index contributed by atoms with van der Waals surface area (Å²) in [5.41, 5.74) is 1.57. The van der Waals surface area contributed by atoms with Crippen LogP contribution in [0.15, 0.2) is 61.1 Å². The molecule has 0 aliphatic carbocycles. The lowest BCUT2D eigenvalue weighted by Crippen LogP contribution is -2.31. The summed E-state index contributed by atoms with van der Waals surface area (Å²) in [7, 11) is 2.15. The van der Waals surface area contributed by atoms with Crippen LogP contribution in [-0.4, -0.2) is 45.3 Å². The average Bonchev–Trinajstić information content (AvgIpc) is 3.34. The van der Waals surface area contributed by atoms with E-state index in [1.54, 1.807) is 0 Å². The van der Waals surface area contributed by atoms with Crippen molar-refractivity contribution in [3.63, 3.8) is 0 Å². The summed E-state index contributed by atoms with van der Waals surface area (Å²) in [5.74, 6) is 0.452. The van der Waals surface area contributed by atoms with Crippen LogP contribution < -0.4 is 5.32 Å². The molecule has 1 aliphatic rings. The van der Waals surface area contributed by atoms with E-state index in [2.05, 4.69) is 22.4 Å².